The summed E-state index contributed by atoms with van der Waals surface area (Å²) >= 11 is 0. The second-order valence-corrected chi connectivity index (χ2v) is 11.7. The lowest BCUT2D eigenvalue weighted by molar-refractivity contribution is -0.170. The summed E-state index contributed by atoms with van der Waals surface area (Å²) in [4.78, 5) is 34.2. The van der Waals surface area contributed by atoms with Gasteiger partial charge in [-0.15, -0.1) is 0 Å². The van der Waals surface area contributed by atoms with E-state index in [2.05, 4.69) is 64.2 Å². The number of fused-ring (bicyclic) bond motifs is 1. The maximum Gasteiger partial charge on any atom is 0.336 e. The second kappa shape index (κ2) is 16.7. The van der Waals surface area contributed by atoms with Gasteiger partial charge in [0.25, 0.3) is 0 Å². The molecule has 1 aliphatic carbocycles. The van der Waals surface area contributed by atoms with E-state index in [0.29, 0.717) is 18.6 Å². The monoisotopic (exact) mass is 620 g/mol. The van der Waals surface area contributed by atoms with Crippen molar-refractivity contribution in [3.8, 4) is 0 Å². The Balaban J connectivity index is 0.000000360. The topological polar surface area (TPSA) is 179 Å². The number of nitrogens with two attached hydrogens (primary N) is 1. The minimum absolute atomic E-state index is 0.304. The van der Waals surface area contributed by atoms with Crippen LogP contribution in [0.5, 0.6) is 0 Å². The Morgan fingerprint density at radius 2 is 1.76 bits per heavy atom. The van der Waals surface area contributed by atoms with Gasteiger partial charge in [-0.2, -0.15) is 0 Å². The van der Waals surface area contributed by atoms with Crippen LogP contribution in [-0.4, -0.2) is 61.6 Å². The number of hydrogen-bond donors (Lipinski definition) is 6. The maximum absolute atomic E-state index is 10.3. The minimum atomic E-state index is -2.74. The zero-order valence-electron chi connectivity index (χ0n) is 25.7. The van der Waals surface area contributed by atoms with Gasteiger partial charge < -0.3 is 36.0 Å². The molecule has 1 heterocycles. The molecular formula is C34H44N4O7. The van der Waals surface area contributed by atoms with Crippen LogP contribution in [0.2, 0.25) is 0 Å². The van der Waals surface area contributed by atoms with Gasteiger partial charge in [0, 0.05) is 23.8 Å². The summed E-state index contributed by atoms with van der Waals surface area (Å²) in [6.45, 7) is 11.3. The summed E-state index contributed by atoms with van der Waals surface area (Å²) in [5.74, 6) is -5.02. The molecule has 0 bridgehead atoms. The van der Waals surface area contributed by atoms with Crippen molar-refractivity contribution < 1.29 is 34.8 Å². The maximum atomic E-state index is 10.3. The summed E-state index contributed by atoms with van der Waals surface area (Å²) in [7, 11) is 0. The third-order valence-electron chi connectivity index (χ3n) is 8.20. The van der Waals surface area contributed by atoms with Gasteiger partial charge in [-0.25, -0.2) is 9.64 Å². The van der Waals surface area contributed by atoms with Crippen LogP contribution in [0, 0.1) is 13.5 Å². The number of carboxylic acid groups (broad SMARTS) is 3. The van der Waals surface area contributed by atoms with E-state index in [-0.39, 0.29) is 0 Å². The van der Waals surface area contributed by atoms with E-state index in [1.54, 1.807) is 0 Å². The fourth-order valence-electron chi connectivity index (χ4n) is 5.91. The normalized spacial score (nSPS) is 14.3. The van der Waals surface area contributed by atoms with E-state index < -0.39 is 36.4 Å². The molecule has 242 valence electrons. The molecule has 1 atom stereocenters. The Labute approximate surface area is 263 Å². The highest BCUT2D eigenvalue weighted by atomic mass is 16.4. The average molecular weight is 621 g/mol. The molecule has 0 radical (unpaired) electrons. The molecule has 1 unspecified atom stereocenters. The van der Waals surface area contributed by atoms with E-state index >= 15 is 0 Å². The third-order valence-corrected chi connectivity index (χ3v) is 8.20. The molecule has 0 aliphatic heterocycles. The van der Waals surface area contributed by atoms with Crippen molar-refractivity contribution >= 4 is 34.5 Å². The van der Waals surface area contributed by atoms with Crippen molar-refractivity contribution in [2.45, 2.75) is 88.8 Å². The molecule has 45 heavy (non-hydrogen) atoms. The number of nitrogens with one attached hydrogen (secondary N) is 1. The van der Waals surface area contributed by atoms with Crippen LogP contribution in [0.25, 0.3) is 15.7 Å². The molecule has 1 saturated carbocycles. The molecule has 4 rings (SSSR count). The number of aliphatic carboxylic acids is 3. The lowest BCUT2D eigenvalue weighted by atomic mass is 9.95. The Kier molecular flexibility index (Phi) is 13.1. The zero-order valence-corrected chi connectivity index (χ0v) is 25.7. The van der Waals surface area contributed by atoms with E-state index in [4.69, 9.17) is 32.7 Å². The second-order valence-electron chi connectivity index (χ2n) is 11.7. The fourth-order valence-corrected chi connectivity index (χ4v) is 5.91. The largest absolute Gasteiger partial charge is 0.481 e. The SMILES string of the molecule is O=C(O)CC(O)(CC(=O)O)C(=O)O.[C-]#[N+]c1ccc2c(c1)c(CCC(NCCCN)c1cccc(C)c1)cn2C1CCCCC1. The predicted molar refractivity (Wildman–Crippen MR) is 171 cm³/mol. The van der Waals surface area contributed by atoms with Crippen LogP contribution < -0.4 is 11.1 Å². The number of benzene rings is 2. The van der Waals surface area contributed by atoms with Crippen molar-refractivity contribution in [1.82, 2.24) is 9.88 Å². The van der Waals surface area contributed by atoms with Gasteiger partial charge in [0.2, 0.25) is 0 Å². The fraction of sp³-hybridized carbons (Fsp3) is 0.471. The van der Waals surface area contributed by atoms with Gasteiger partial charge in [0.1, 0.15) is 0 Å². The molecule has 11 heteroatoms. The molecule has 1 fully saturated rings. The smallest absolute Gasteiger partial charge is 0.336 e. The van der Waals surface area contributed by atoms with Gasteiger partial charge in [0.15, 0.2) is 11.3 Å². The number of aliphatic hydroxyl groups is 1. The Morgan fingerprint density at radius 3 is 2.33 bits per heavy atom. The molecule has 1 aliphatic rings. The first-order chi connectivity index (χ1) is 21.5. The average Bonchev–Trinajstić information content (AvgIpc) is 3.36. The number of carboxylic acids is 3. The summed E-state index contributed by atoms with van der Waals surface area (Å²) in [5, 5.41) is 38.8. The summed E-state index contributed by atoms with van der Waals surface area (Å²) < 4.78 is 2.51. The minimum Gasteiger partial charge on any atom is -0.481 e. The molecule has 7 N–H and O–H groups in total. The summed E-state index contributed by atoms with van der Waals surface area (Å²) in [6.07, 6.45) is 9.63. The van der Waals surface area contributed by atoms with Crippen molar-refractivity contribution in [3.63, 3.8) is 0 Å². The number of aromatic nitrogens is 1. The molecule has 0 spiro atoms. The van der Waals surface area contributed by atoms with Crippen molar-refractivity contribution in [1.29, 1.82) is 0 Å². The molecule has 0 saturated heterocycles. The number of aryl methyl sites for hydroxylation is 2. The molecule has 0 amide bonds. The van der Waals surface area contributed by atoms with E-state index in [1.807, 2.05) is 6.07 Å². The molecule has 2 aromatic carbocycles. The Morgan fingerprint density at radius 1 is 1.07 bits per heavy atom. The first kappa shape index (κ1) is 35.2. The van der Waals surface area contributed by atoms with Gasteiger partial charge in [-0.3, -0.25) is 9.59 Å². The van der Waals surface area contributed by atoms with E-state index in [1.165, 1.54) is 59.7 Å². The van der Waals surface area contributed by atoms with Crippen LogP contribution in [0.3, 0.4) is 0 Å². The van der Waals surface area contributed by atoms with Crippen molar-refractivity contribution in [2.24, 2.45) is 5.73 Å². The Bertz CT molecular complexity index is 1490. The quantitative estimate of drug-likeness (QED) is 0.102. The van der Waals surface area contributed by atoms with Gasteiger partial charge in [-0.1, -0.05) is 55.2 Å². The number of carbonyl (C=O) groups is 3. The number of rotatable bonds is 14. The van der Waals surface area contributed by atoms with Crippen molar-refractivity contribution in [2.75, 3.05) is 13.1 Å². The predicted octanol–water partition coefficient (Wildman–Crippen LogP) is 5.37. The zero-order chi connectivity index (χ0) is 33.0. The molecule has 3 aromatic rings. The highest BCUT2D eigenvalue weighted by Crippen LogP contribution is 2.36. The lowest BCUT2D eigenvalue weighted by Gasteiger charge is -2.24. The van der Waals surface area contributed by atoms with Gasteiger partial charge in [-0.05, 0) is 80.8 Å². The van der Waals surface area contributed by atoms with Crippen LogP contribution in [0.1, 0.15) is 86.6 Å². The number of nitrogens with zero attached hydrogens (tertiary/aromatic N) is 2. The highest BCUT2D eigenvalue weighted by molar-refractivity contribution is 5.88. The van der Waals surface area contributed by atoms with E-state index in [9.17, 15) is 14.4 Å². The first-order valence-corrected chi connectivity index (χ1v) is 15.4. The third kappa shape index (κ3) is 10.1. The summed E-state index contributed by atoms with van der Waals surface area (Å²) in [6, 6.07) is 16.0. The van der Waals surface area contributed by atoms with Crippen LogP contribution in [-0.2, 0) is 20.8 Å². The molecule has 11 nitrogen and oxygen atoms in total. The standard InChI is InChI=1S/C28H36N4.C6H8O7/c1-21-8-6-9-22(18-21)27(31-17-7-16-29)14-12-23-20-32(25-10-4-3-5-11-25)28-15-13-24(30-2)19-26(23)28;7-3(8)1-6(13,5(11)12)2-4(9)10/h6,8-9,13,15,18-20,25,27,31H,3-5,7,10-12,14,16-17,29H2,1H3;13H,1-2H2,(H,7,8)(H,9,10)(H,11,12). The number of hydrogen-bond acceptors (Lipinski definition) is 6. The first-order valence-electron chi connectivity index (χ1n) is 15.4. The van der Waals surface area contributed by atoms with Crippen LogP contribution in [0.4, 0.5) is 5.69 Å². The van der Waals surface area contributed by atoms with Gasteiger partial charge >= 0.3 is 17.9 Å². The van der Waals surface area contributed by atoms with E-state index in [0.717, 1.165) is 31.5 Å². The van der Waals surface area contributed by atoms with Crippen LogP contribution >= 0.6 is 0 Å². The lowest BCUT2D eigenvalue weighted by Crippen LogP contribution is -2.42. The molecular weight excluding hydrogens is 576 g/mol. The molecule has 1 aromatic heterocycles. The van der Waals surface area contributed by atoms with Crippen LogP contribution in [0.15, 0.2) is 48.7 Å². The van der Waals surface area contributed by atoms with Crippen molar-refractivity contribution in [3.05, 3.63) is 76.8 Å². The Hall–Kier alpha value is -4.24. The summed E-state index contributed by atoms with van der Waals surface area (Å²) in [5.41, 5.74) is 9.04. The highest BCUT2D eigenvalue weighted by Gasteiger charge is 2.40. The van der Waals surface area contributed by atoms with Gasteiger partial charge in [0.05, 0.1) is 19.4 Å².